The molecule has 1 unspecified atom stereocenters. The van der Waals surface area contributed by atoms with Crippen molar-refractivity contribution in [3.8, 4) is 17.3 Å². The normalized spacial score (nSPS) is 14.8. The van der Waals surface area contributed by atoms with E-state index in [2.05, 4.69) is 27.8 Å². The van der Waals surface area contributed by atoms with Crippen molar-refractivity contribution in [1.29, 1.82) is 0 Å². The number of fused-ring (bicyclic) bond motifs is 4. The van der Waals surface area contributed by atoms with Gasteiger partial charge in [-0.1, -0.05) is 54.1 Å². The lowest BCUT2D eigenvalue weighted by atomic mass is 9.92. The number of hydrogen-bond donors (Lipinski definition) is 2. The van der Waals surface area contributed by atoms with Crippen LogP contribution in [0.5, 0.6) is 11.6 Å². The van der Waals surface area contributed by atoms with Gasteiger partial charge in [0.05, 0.1) is 18.5 Å². The molecule has 6 rings (SSSR count). The van der Waals surface area contributed by atoms with Crippen molar-refractivity contribution in [3.05, 3.63) is 106 Å². The maximum atomic E-state index is 11.4. The maximum Gasteiger partial charge on any atom is 0.218 e. The Morgan fingerprint density at radius 1 is 1.00 bits per heavy atom. The lowest BCUT2D eigenvalue weighted by Crippen LogP contribution is -2.22. The van der Waals surface area contributed by atoms with E-state index >= 15 is 0 Å². The van der Waals surface area contributed by atoms with E-state index in [1.54, 1.807) is 11.7 Å². The summed E-state index contributed by atoms with van der Waals surface area (Å²) in [7, 11) is 1.68. The lowest BCUT2D eigenvalue weighted by molar-refractivity contribution is 0.402. The van der Waals surface area contributed by atoms with Crippen LogP contribution in [0.2, 0.25) is 0 Å². The van der Waals surface area contributed by atoms with E-state index < -0.39 is 0 Å². The van der Waals surface area contributed by atoms with Crippen LogP contribution in [0.25, 0.3) is 16.6 Å². The van der Waals surface area contributed by atoms with Crippen molar-refractivity contribution in [2.24, 2.45) is 0 Å². The summed E-state index contributed by atoms with van der Waals surface area (Å²) in [6.45, 7) is 2.04. The fraction of sp³-hybridized carbons (Fsp3) is 0.148. The third kappa shape index (κ3) is 2.87. The molecule has 33 heavy (non-hydrogen) atoms. The number of para-hydroxylation sites is 2. The Hall–Kier alpha value is -3.77. The lowest BCUT2D eigenvalue weighted by Gasteiger charge is -2.27. The molecule has 3 heterocycles. The quantitative estimate of drug-likeness (QED) is 0.321. The third-order valence-electron chi connectivity index (χ3n) is 6.61. The second kappa shape index (κ2) is 7.39. The number of benzene rings is 3. The molecule has 164 valence electrons. The first-order valence-corrected chi connectivity index (χ1v) is 11.3. The topological polar surface area (TPSA) is 55.1 Å². The number of hydrogen-bond acceptors (Lipinski definition) is 3. The summed E-state index contributed by atoms with van der Waals surface area (Å²) in [6.07, 6.45) is 0.583. The fourth-order valence-corrected chi connectivity index (χ4v) is 5.44. The van der Waals surface area contributed by atoms with Crippen LogP contribution in [0, 0.1) is 11.7 Å². The van der Waals surface area contributed by atoms with Gasteiger partial charge < -0.3 is 19.4 Å². The SMILES string of the molecule is COc1ccccc1C1c2[nH]c3ccccc3c2Cc2c(O)n(-c3ccc(C)cc3)c(=S)n21. The van der Waals surface area contributed by atoms with Crippen LogP contribution in [0.15, 0.2) is 72.8 Å². The van der Waals surface area contributed by atoms with Gasteiger partial charge in [0.15, 0.2) is 4.77 Å². The average molecular weight is 454 g/mol. The van der Waals surface area contributed by atoms with E-state index in [-0.39, 0.29) is 11.9 Å². The zero-order chi connectivity index (χ0) is 22.7. The fourth-order valence-electron chi connectivity index (χ4n) is 5.04. The van der Waals surface area contributed by atoms with Crippen molar-refractivity contribution in [2.45, 2.75) is 19.4 Å². The molecule has 1 aliphatic heterocycles. The van der Waals surface area contributed by atoms with E-state index in [1.165, 1.54) is 5.56 Å². The van der Waals surface area contributed by atoms with Crippen LogP contribution < -0.4 is 4.74 Å². The van der Waals surface area contributed by atoms with Crippen molar-refractivity contribution in [1.82, 2.24) is 14.1 Å². The molecule has 3 aromatic carbocycles. The number of methoxy groups -OCH3 is 1. The van der Waals surface area contributed by atoms with Gasteiger partial charge in [0.25, 0.3) is 0 Å². The van der Waals surface area contributed by atoms with Crippen LogP contribution in [0.1, 0.15) is 34.1 Å². The molecule has 0 saturated carbocycles. The Labute approximate surface area is 196 Å². The van der Waals surface area contributed by atoms with E-state index in [0.717, 1.165) is 44.9 Å². The molecule has 2 N–H and O–H groups in total. The van der Waals surface area contributed by atoms with Crippen molar-refractivity contribution in [2.75, 3.05) is 7.11 Å². The van der Waals surface area contributed by atoms with Crippen LogP contribution in [0.3, 0.4) is 0 Å². The number of nitrogens with zero attached hydrogens (tertiary/aromatic N) is 2. The first kappa shape index (κ1) is 19.9. The molecule has 5 aromatic rings. The highest BCUT2D eigenvalue weighted by Crippen LogP contribution is 2.45. The Morgan fingerprint density at radius 3 is 2.52 bits per heavy atom. The van der Waals surface area contributed by atoms with E-state index in [1.807, 2.05) is 61.5 Å². The smallest absolute Gasteiger partial charge is 0.218 e. The van der Waals surface area contributed by atoms with Crippen molar-refractivity contribution >= 4 is 23.1 Å². The minimum Gasteiger partial charge on any atom is -0.496 e. The molecule has 6 heteroatoms. The van der Waals surface area contributed by atoms with Crippen LogP contribution in [0.4, 0.5) is 0 Å². The van der Waals surface area contributed by atoms with Gasteiger partial charge in [0, 0.05) is 28.6 Å². The van der Waals surface area contributed by atoms with Gasteiger partial charge >= 0.3 is 0 Å². The van der Waals surface area contributed by atoms with Gasteiger partial charge in [-0.3, -0.25) is 4.57 Å². The molecule has 0 fully saturated rings. The average Bonchev–Trinajstić information content (AvgIpc) is 3.33. The van der Waals surface area contributed by atoms with Crippen molar-refractivity contribution < 1.29 is 9.84 Å². The second-order valence-electron chi connectivity index (χ2n) is 8.48. The summed E-state index contributed by atoms with van der Waals surface area (Å²) in [5.41, 5.74) is 7.11. The number of imidazole rings is 1. The predicted octanol–water partition coefficient (Wildman–Crippen LogP) is 6.05. The number of nitrogens with one attached hydrogen (secondary N) is 1. The van der Waals surface area contributed by atoms with Gasteiger partial charge in [0.2, 0.25) is 5.88 Å². The highest BCUT2D eigenvalue weighted by Gasteiger charge is 2.35. The summed E-state index contributed by atoms with van der Waals surface area (Å²) in [5.74, 6) is 0.962. The maximum absolute atomic E-state index is 11.4. The Bertz CT molecular complexity index is 1570. The monoisotopic (exact) mass is 453 g/mol. The number of rotatable bonds is 3. The number of aryl methyl sites for hydroxylation is 1. The second-order valence-corrected chi connectivity index (χ2v) is 8.84. The molecule has 5 nitrogen and oxygen atoms in total. The highest BCUT2D eigenvalue weighted by molar-refractivity contribution is 7.71. The van der Waals surface area contributed by atoms with Gasteiger partial charge in [-0.25, -0.2) is 0 Å². The summed E-state index contributed by atoms with van der Waals surface area (Å²) < 4.78 is 10.1. The molecule has 0 bridgehead atoms. The summed E-state index contributed by atoms with van der Waals surface area (Å²) in [6, 6.07) is 24.1. The largest absolute Gasteiger partial charge is 0.496 e. The van der Waals surface area contributed by atoms with Gasteiger partial charge in [-0.05, 0) is 49.0 Å². The first-order valence-electron chi connectivity index (χ1n) is 10.9. The van der Waals surface area contributed by atoms with Crippen LogP contribution >= 0.6 is 12.2 Å². The molecule has 0 spiro atoms. The molecule has 0 radical (unpaired) electrons. The van der Waals surface area contributed by atoms with E-state index in [9.17, 15) is 5.11 Å². The Kier molecular flexibility index (Phi) is 4.45. The number of H-pyrrole nitrogens is 1. The standard InChI is InChI=1S/C27H23N3O2S/c1-16-11-13-17(14-12-16)29-26(31)22-15-20-18-7-3-5-9-21(18)28-24(20)25(30(22)27(29)33)19-8-4-6-10-23(19)32-2/h3-14,25,28,31H,15H2,1-2H3. The molecule has 1 aliphatic rings. The molecular weight excluding hydrogens is 430 g/mol. The summed E-state index contributed by atoms with van der Waals surface area (Å²) in [5, 5.41) is 12.6. The summed E-state index contributed by atoms with van der Waals surface area (Å²) >= 11 is 5.99. The summed E-state index contributed by atoms with van der Waals surface area (Å²) in [4.78, 5) is 3.65. The number of aromatic amines is 1. The molecule has 0 saturated heterocycles. The molecular formula is C27H23N3O2S. The van der Waals surface area contributed by atoms with Gasteiger partial charge in [-0.2, -0.15) is 0 Å². The van der Waals surface area contributed by atoms with Gasteiger partial charge in [0.1, 0.15) is 11.8 Å². The number of aromatic hydroxyl groups is 1. The highest BCUT2D eigenvalue weighted by atomic mass is 32.1. The number of ether oxygens (including phenoxy) is 1. The van der Waals surface area contributed by atoms with Crippen molar-refractivity contribution in [3.63, 3.8) is 0 Å². The molecule has 1 atom stereocenters. The number of aromatic nitrogens is 3. The van der Waals surface area contributed by atoms with E-state index in [4.69, 9.17) is 17.0 Å². The minimum absolute atomic E-state index is 0.180. The van der Waals surface area contributed by atoms with Crippen LogP contribution in [-0.2, 0) is 6.42 Å². The Morgan fingerprint density at radius 2 is 1.73 bits per heavy atom. The predicted molar refractivity (Wildman–Crippen MR) is 132 cm³/mol. The Balaban J connectivity index is 1.68. The zero-order valence-electron chi connectivity index (χ0n) is 18.4. The molecule has 0 aliphatic carbocycles. The minimum atomic E-state index is -0.252. The van der Waals surface area contributed by atoms with Crippen LogP contribution in [-0.4, -0.2) is 26.3 Å². The molecule has 2 aromatic heterocycles. The van der Waals surface area contributed by atoms with E-state index in [0.29, 0.717) is 11.2 Å². The zero-order valence-corrected chi connectivity index (χ0v) is 19.2. The third-order valence-corrected chi connectivity index (χ3v) is 6.99. The van der Waals surface area contributed by atoms with Gasteiger partial charge in [-0.15, -0.1) is 0 Å². The first-order chi connectivity index (χ1) is 16.1. The molecule has 0 amide bonds.